The van der Waals surface area contributed by atoms with Gasteiger partial charge in [0.1, 0.15) is 0 Å². The molecule has 5 heteroatoms. The molecule has 1 aromatic carbocycles. The molecule has 0 bridgehead atoms. The van der Waals surface area contributed by atoms with Crippen molar-refractivity contribution >= 4 is 22.9 Å². The average Bonchev–Trinajstić information content (AvgIpc) is 2.75. The molecule has 2 aromatic rings. The maximum absolute atomic E-state index is 6.04. The van der Waals surface area contributed by atoms with Gasteiger partial charge in [-0.05, 0) is 37.1 Å². The first-order chi connectivity index (χ1) is 8.60. The zero-order chi connectivity index (χ0) is 13.1. The Labute approximate surface area is 116 Å². The second kappa shape index (κ2) is 5.80. The van der Waals surface area contributed by atoms with Crippen LogP contribution in [0.2, 0.25) is 5.02 Å². The van der Waals surface area contributed by atoms with Crippen LogP contribution in [0, 0.1) is 13.8 Å². The second-order valence-corrected chi connectivity index (χ2v) is 5.78. The third-order valence-electron chi connectivity index (χ3n) is 2.90. The standard InChI is InChI=1S/C13H16ClN3S/c1-8-3-4-10(14)5-12(8)13(17-15)6-11-7-18-9(2)16-11/h3-5,7,13,17H,6,15H2,1-2H3. The molecule has 1 atom stereocenters. The van der Waals surface area contributed by atoms with Crippen molar-refractivity contribution in [2.24, 2.45) is 5.84 Å². The molecule has 0 saturated carbocycles. The van der Waals surface area contributed by atoms with Crippen molar-refractivity contribution in [1.29, 1.82) is 0 Å². The Balaban J connectivity index is 2.25. The maximum Gasteiger partial charge on any atom is 0.0897 e. The third-order valence-corrected chi connectivity index (χ3v) is 3.96. The number of hydrogen-bond donors (Lipinski definition) is 2. The van der Waals surface area contributed by atoms with Gasteiger partial charge < -0.3 is 0 Å². The molecule has 1 aromatic heterocycles. The number of benzene rings is 1. The van der Waals surface area contributed by atoms with Gasteiger partial charge in [0.2, 0.25) is 0 Å². The van der Waals surface area contributed by atoms with Crippen LogP contribution in [0.15, 0.2) is 23.6 Å². The van der Waals surface area contributed by atoms with E-state index < -0.39 is 0 Å². The van der Waals surface area contributed by atoms with Crippen LogP contribution in [0.4, 0.5) is 0 Å². The Hall–Kier alpha value is -0.940. The van der Waals surface area contributed by atoms with E-state index >= 15 is 0 Å². The first kappa shape index (κ1) is 13.5. The van der Waals surface area contributed by atoms with E-state index in [2.05, 4.69) is 22.7 Å². The molecule has 0 fully saturated rings. The van der Waals surface area contributed by atoms with Crippen molar-refractivity contribution in [3.8, 4) is 0 Å². The van der Waals surface area contributed by atoms with E-state index in [1.165, 1.54) is 5.56 Å². The van der Waals surface area contributed by atoms with Crippen LogP contribution in [-0.2, 0) is 6.42 Å². The SMILES string of the molecule is Cc1nc(CC(NN)c2cc(Cl)ccc2C)cs1. The normalized spacial score (nSPS) is 12.7. The van der Waals surface area contributed by atoms with E-state index in [9.17, 15) is 0 Å². The number of aromatic nitrogens is 1. The molecule has 0 spiro atoms. The summed E-state index contributed by atoms with van der Waals surface area (Å²) < 4.78 is 0. The highest BCUT2D eigenvalue weighted by molar-refractivity contribution is 7.09. The predicted octanol–water partition coefficient (Wildman–Crippen LogP) is 3.16. The van der Waals surface area contributed by atoms with Gasteiger partial charge in [-0.15, -0.1) is 11.3 Å². The van der Waals surface area contributed by atoms with Crippen LogP contribution in [0.1, 0.15) is 27.9 Å². The second-order valence-electron chi connectivity index (χ2n) is 4.28. The van der Waals surface area contributed by atoms with Crippen molar-refractivity contribution in [3.63, 3.8) is 0 Å². The fourth-order valence-corrected chi connectivity index (χ4v) is 2.76. The van der Waals surface area contributed by atoms with Gasteiger partial charge in [0.15, 0.2) is 0 Å². The Kier molecular flexibility index (Phi) is 4.35. The number of nitrogens with one attached hydrogen (secondary N) is 1. The lowest BCUT2D eigenvalue weighted by molar-refractivity contribution is 0.544. The van der Waals surface area contributed by atoms with Crippen molar-refractivity contribution in [3.05, 3.63) is 50.4 Å². The van der Waals surface area contributed by atoms with E-state index in [1.807, 2.05) is 25.1 Å². The Morgan fingerprint density at radius 1 is 1.44 bits per heavy atom. The summed E-state index contributed by atoms with van der Waals surface area (Å²) in [6.45, 7) is 4.06. The molecule has 0 aliphatic heterocycles. The summed E-state index contributed by atoms with van der Waals surface area (Å²) in [6, 6.07) is 5.89. The van der Waals surface area contributed by atoms with Gasteiger partial charge in [-0.1, -0.05) is 17.7 Å². The molecule has 3 N–H and O–H groups in total. The lowest BCUT2D eigenvalue weighted by Crippen LogP contribution is -2.30. The molecule has 0 aliphatic carbocycles. The van der Waals surface area contributed by atoms with Gasteiger partial charge in [-0.2, -0.15) is 0 Å². The molecule has 1 unspecified atom stereocenters. The molecule has 0 aliphatic rings. The van der Waals surface area contributed by atoms with Crippen molar-refractivity contribution in [1.82, 2.24) is 10.4 Å². The van der Waals surface area contributed by atoms with Crippen LogP contribution >= 0.6 is 22.9 Å². The number of thiazole rings is 1. The molecule has 18 heavy (non-hydrogen) atoms. The largest absolute Gasteiger partial charge is 0.271 e. The van der Waals surface area contributed by atoms with E-state index in [-0.39, 0.29) is 6.04 Å². The summed E-state index contributed by atoms with van der Waals surface area (Å²) in [4.78, 5) is 4.47. The molecule has 1 heterocycles. The van der Waals surface area contributed by atoms with Gasteiger partial charge in [0.05, 0.1) is 16.7 Å². The molecule has 3 nitrogen and oxygen atoms in total. The summed E-state index contributed by atoms with van der Waals surface area (Å²) in [5, 5.41) is 3.87. The Bertz CT molecular complexity index is 539. The van der Waals surface area contributed by atoms with Crippen LogP contribution < -0.4 is 11.3 Å². The molecule has 0 amide bonds. The van der Waals surface area contributed by atoms with Crippen LogP contribution in [0.5, 0.6) is 0 Å². The number of aryl methyl sites for hydroxylation is 2. The molecule has 2 rings (SSSR count). The topological polar surface area (TPSA) is 50.9 Å². The van der Waals surface area contributed by atoms with Crippen molar-refractivity contribution in [2.45, 2.75) is 26.3 Å². The van der Waals surface area contributed by atoms with Gasteiger partial charge in [-0.3, -0.25) is 11.3 Å². The molecular formula is C13H16ClN3S. The van der Waals surface area contributed by atoms with Crippen LogP contribution in [-0.4, -0.2) is 4.98 Å². The fourth-order valence-electron chi connectivity index (χ4n) is 1.96. The van der Waals surface area contributed by atoms with Crippen molar-refractivity contribution < 1.29 is 0 Å². The summed E-state index contributed by atoms with van der Waals surface area (Å²) in [5.41, 5.74) is 6.20. The highest BCUT2D eigenvalue weighted by Gasteiger charge is 2.15. The molecular weight excluding hydrogens is 266 g/mol. The lowest BCUT2D eigenvalue weighted by atomic mass is 9.98. The summed E-state index contributed by atoms with van der Waals surface area (Å²) in [7, 11) is 0. The Morgan fingerprint density at radius 3 is 2.83 bits per heavy atom. The summed E-state index contributed by atoms with van der Waals surface area (Å²) in [5.74, 6) is 5.66. The number of rotatable bonds is 4. The van der Waals surface area contributed by atoms with Gasteiger partial charge >= 0.3 is 0 Å². The number of halogens is 1. The zero-order valence-corrected chi connectivity index (χ0v) is 12.0. The number of hydrazine groups is 1. The van der Waals surface area contributed by atoms with Crippen LogP contribution in [0.25, 0.3) is 0 Å². The van der Waals surface area contributed by atoms with E-state index in [1.54, 1.807) is 11.3 Å². The van der Waals surface area contributed by atoms with E-state index in [0.29, 0.717) is 0 Å². The predicted molar refractivity (Wildman–Crippen MR) is 76.8 cm³/mol. The quantitative estimate of drug-likeness (QED) is 0.669. The smallest absolute Gasteiger partial charge is 0.0897 e. The fraction of sp³-hybridized carbons (Fsp3) is 0.308. The third kappa shape index (κ3) is 3.09. The highest BCUT2D eigenvalue weighted by Crippen LogP contribution is 2.24. The minimum absolute atomic E-state index is 0.0326. The Morgan fingerprint density at radius 2 is 2.22 bits per heavy atom. The number of nitrogens with zero attached hydrogens (tertiary/aromatic N) is 1. The van der Waals surface area contributed by atoms with Gasteiger partial charge in [0.25, 0.3) is 0 Å². The van der Waals surface area contributed by atoms with Gasteiger partial charge in [0, 0.05) is 16.8 Å². The number of hydrogen-bond acceptors (Lipinski definition) is 4. The minimum atomic E-state index is 0.0326. The summed E-state index contributed by atoms with van der Waals surface area (Å²) in [6.07, 6.45) is 0.766. The van der Waals surface area contributed by atoms with Gasteiger partial charge in [-0.25, -0.2) is 4.98 Å². The highest BCUT2D eigenvalue weighted by atomic mass is 35.5. The molecule has 96 valence electrons. The maximum atomic E-state index is 6.04. The monoisotopic (exact) mass is 281 g/mol. The first-order valence-corrected chi connectivity index (χ1v) is 6.99. The van der Waals surface area contributed by atoms with Crippen LogP contribution in [0.3, 0.4) is 0 Å². The summed E-state index contributed by atoms with van der Waals surface area (Å²) >= 11 is 7.70. The van der Waals surface area contributed by atoms with E-state index in [0.717, 1.165) is 27.7 Å². The average molecular weight is 282 g/mol. The lowest BCUT2D eigenvalue weighted by Gasteiger charge is -2.18. The van der Waals surface area contributed by atoms with E-state index in [4.69, 9.17) is 17.4 Å². The van der Waals surface area contributed by atoms with Crippen molar-refractivity contribution in [2.75, 3.05) is 0 Å². The number of nitrogens with two attached hydrogens (primary N) is 1. The minimum Gasteiger partial charge on any atom is -0.271 e. The molecule has 0 radical (unpaired) electrons. The molecule has 0 saturated heterocycles. The first-order valence-electron chi connectivity index (χ1n) is 5.73. The zero-order valence-electron chi connectivity index (χ0n) is 10.4.